The van der Waals surface area contributed by atoms with E-state index in [1.165, 1.54) is 5.56 Å². The molecule has 0 amide bonds. The van der Waals surface area contributed by atoms with Crippen LogP contribution >= 0.6 is 0 Å². The third-order valence-corrected chi connectivity index (χ3v) is 5.45. The third kappa shape index (κ3) is 6.30. The molecule has 0 radical (unpaired) electrons. The molecule has 0 atom stereocenters. The van der Waals surface area contributed by atoms with E-state index < -0.39 is 0 Å². The van der Waals surface area contributed by atoms with Crippen LogP contribution in [0.1, 0.15) is 11.1 Å². The Labute approximate surface area is 201 Å². The summed E-state index contributed by atoms with van der Waals surface area (Å²) in [5, 5.41) is 6.88. The highest BCUT2D eigenvalue weighted by Crippen LogP contribution is 2.36. The standard InChI is InChI=1S/C29H30N2O3/c1-32-28-19-26(34-25-15-9-14-24(18-25)31-23-12-7-4-8-13-23)20-29(33-2)27(28)21-30-17-16-22-10-5-3-6-11-22/h3-15,18-20,30-31H,16-17,21H2,1-2H3. The molecule has 5 heteroatoms. The van der Waals surface area contributed by atoms with Crippen molar-refractivity contribution in [1.29, 1.82) is 0 Å². The van der Waals surface area contributed by atoms with Crippen molar-refractivity contribution < 1.29 is 14.2 Å². The molecule has 174 valence electrons. The van der Waals surface area contributed by atoms with E-state index >= 15 is 0 Å². The molecule has 0 aliphatic carbocycles. The van der Waals surface area contributed by atoms with Gasteiger partial charge in [-0.15, -0.1) is 0 Å². The van der Waals surface area contributed by atoms with E-state index in [4.69, 9.17) is 14.2 Å². The molecule has 0 bridgehead atoms. The van der Waals surface area contributed by atoms with E-state index in [-0.39, 0.29) is 0 Å². The maximum Gasteiger partial charge on any atom is 0.134 e. The van der Waals surface area contributed by atoms with Crippen LogP contribution in [0.2, 0.25) is 0 Å². The second kappa shape index (κ2) is 11.8. The highest BCUT2D eigenvalue weighted by atomic mass is 16.5. The van der Waals surface area contributed by atoms with Crippen molar-refractivity contribution in [2.45, 2.75) is 13.0 Å². The van der Waals surface area contributed by atoms with E-state index in [1.54, 1.807) is 14.2 Å². The minimum Gasteiger partial charge on any atom is -0.496 e. The summed E-state index contributed by atoms with van der Waals surface area (Å²) < 4.78 is 17.5. The van der Waals surface area contributed by atoms with Gasteiger partial charge in [-0.25, -0.2) is 0 Å². The lowest BCUT2D eigenvalue weighted by Crippen LogP contribution is -2.17. The summed E-state index contributed by atoms with van der Waals surface area (Å²) in [6.07, 6.45) is 0.958. The van der Waals surface area contributed by atoms with E-state index in [0.717, 1.165) is 47.2 Å². The topological polar surface area (TPSA) is 51.8 Å². The van der Waals surface area contributed by atoms with Gasteiger partial charge in [-0.1, -0.05) is 54.6 Å². The number of anilines is 2. The van der Waals surface area contributed by atoms with Gasteiger partial charge in [-0.2, -0.15) is 0 Å². The number of benzene rings is 4. The summed E-state index contributed by atoms with van der Waals surface area (Å²) in [5.74, 6) is 2.82. The Kier molecular flexibility index (Phi) is 8.04. The average molecular weight is 455 g/mol. The van der Waals surface area contributed by atoms with Crippen LogP contribution in [0.3, 0.4) is 0 Å². The number of methoxy groups -OCH3 is 2. The molecule has 0 unspecified atom stereocenters. The smallest absolute Gasteiger partial charge is 0.134 e. The molecule has 2 N–H and O–H groups in total. The van der Waals surface area contributed by atoms with Gasteiger partial charge in [0.15, 0.2) is 0 Å². The Balaban J connectivity index is 1.44. The van der Waals surface area contributed by atoms with Crippen molar-refractivity contribution in [3.8, 4) is 23.0 Å². The lowest BCUT2D eigenvalue weighted by molar-refractivity contribution is 0.375. The molecule has 0 aliphatic rings. The molecule has 0 heterocycles. The van der Waals surface area contributed by atoms with Crippen molar-refractivity contribution in [3.63, 3.8) is 0 Å². The maximum atomic E-state index is 6.16. The minimum absolute atomic E-state index is 0.635. The van der Waals surface area contributed by atoms with Crippen molar-refractivity contribution >= 4 is 11.4 Å². The molecule has 4 aromatic rings. The molecule has 0 saturated carbocycles. The van der Waals surface area contributed by atoms with Gasteiger partial charge in [0, 0.05) is 36.1 Å². The first-order valence-electron chi connectivity index (χ1n) is 11.3. The summed E-state index contributed by atoms with van der Waals surface area (Å²) in [6.45, 7) is 1.49. The molecule has 4 rings (SSSR count). The summed E-state index contributed by atoms with van der Waals surface area (Å²) >= 11 is 0. The Morgan fingerprint density at radius 1 is 0.647 bits per heavy atom. The van der Waals surface area contributed by atoms with Gasteiger partial charge in [0.2, 0.25) is 0 Å². The predicted molar refractivity (Wildman–Crippen MR) is 138 cm³/mol. The Morgan fingerprint density at radius 3 is 1.97 bits per heavy atom. The lowest BCUT2D eigenvalue weighted by Gasteiger charge is -2.17. The van der Waals surface area contributed by atoms with Crippen molar-refractivity contribution in [3.05, 3.63) is 108 Å². The van der Waals surface area contributed by atoms with Crippen LogP contribution in [0, 0.1) is 0 Å². The van der Waals surface area contributed by atoms with E-state index in [2.05, 4.69) is 34.9 Å². The van der Waals surface area contributed by atoms with Gasteiger partial charge in [0.25, 0.3) is 0 Å². The monoisotopic (exact) mass is 454 g/mol. The summed E-state index contributed by atoms with van der Waals surface area (Å²) in [6, 6.07) is 32.1. The summed E-state index contributed by atoms with van der Waals surface area (Å²) in [5.41, 5.74) is 4.24. The number of ether oxygens (including phenoxy) is 3. The van der Waals surface area contributed by atoms with E-state index in [1.807, 2.05) is 72.8 Å². The molecule has 0 aliphatic heterocycles. The molecule has 34 heavy (non-hydrogen) atoms. The first-order chi connectivity index (χ1) is 16.7. The summed E-state index contributed by atoms with van der Waals surface area (Å²) in [7, 11) is 3.33. The minimum atomic E-state index is 0.635. The predicted octanol–water partition coefficient (Wildman–Crippen LogP) is 6.57. The number of hydrogen-bond donors (Lipinski definition) is 2. The van der Waals surface area contributed by atoms with Crippen LogP contribution in [-0.4, -0.2) is 20.8 Å². The van der Waals surface area contributed by atoms with Crippen LogP contribution < -0.4 is 24.8 Å². The van der Waals surface area contributed by atoms with Crippen LogP contribution in [-0.2, 0) is 13.0 Å². The normalized spacial score (nSPS) is 10.5. The molecule has 0 fully saturated rings. The van der Waals surface area contributed by atoms with Crippen molar-refractivity contribution in [2.75, 3.05) is 26.1 Å². The highest BCUT2D eigenvalue weighted by Gasteiger charge is 2.14. The lowest BCUT2D eigenvalue weighted by atomic mass is 10.1. The van der Waals surface area contributed by atoms with Gasteiger partial charge in [-0.3, -0.25) is 0 Å². The Morgan fingerprint density at radius 2 is 1.29 bits per heavy atom. The second-order valence-corrected chi connectivity index (χ2v) is 7.84. The van der Waals surface area contributed by atoms with E-state index in [9.17, 15) is 0 Å². The first-order valence-corrected chi connectivity index (χ1v) is 11.3. The second-order valence-electron chi connectivity index (χ2n) is 7.84. The van der Waals surface area contributed by atoms with Crippen molar-refractivity contribution in [1.82, 2.24) is 5.32 Å². The van der Waals surface area contributed by atoms with E-state index in [0.29, 0.717) is 12.3 Å². The molecule has 0 spiro atoms. The Hall–Kier alpha value is -3.96. The van der Waals surface area contributed by atoms with Gasteiger partial charge in [0.1, 0.15) is 23.0 Å². The van der Waals surface area contributed by atoms with Crippen LogP contribution in [0.15, 0.2) is 97.1 Å². The highest BCUT2D eigenvalue weighted by molar-refractivity contribution is 5.61. The number of para-hydroxylation sites is 1. The molecule has 0 saturated heterocycles. The van der Waals surface area contributed by atoms with Crippen LogP contribution in [0.4, 0.5) is 11.4 Å². The van der Waals surface area contributed by atoms with Gasteiger partial charge in [-0.05, 0) is 42.8 Å². The van der Waals surface area contributed by atoms with Gasteiger partial charge >= 0.3 is 0 Å². The van der Waals surface area contributed by atoms with Crippen LogP contribution in [0.5, 0.6) is 23.0 Å². The first kappa shape index (κ1) is 23.2. The maximum absolute atomic E-state index is 6.16. The molecule has 4 aromatic carbocycles. The van der Waals surface area contributed by atoms with Gasteiger partial charge in [0.05, 0.1) is 19.8 Å². The Bertz CT molecular complexity index is 1160. The fraction of sp³-hybridized carbons (Fsp3) is 0.172. The third-order valence-electron chi connectivity index (χ3n) is 5.45. The zero-order valence-electron chi connectivity index (χ0n) is 19.6. The summed E-state index contributed by atoms with van der Waals surface area (Å²) in [4.78, 5) is 0. The fourth-order valence-corrected chi connectivity index (χ4v) is 3.75. The van der Waals surface area contributed by atoms with Crippen LogP contribution in [0.25, 0.3) is 0 Å². The fourth-order valence-electron chi connectivity index (χ4n) is 3.75. The zero-order valence-corrected chi connectivity index (χ0v) is 19.6. The van der Waals surface area contributed by atoms with Crippen molar-refractivity contribution in [2.24, 2.45) is 0 Å². The zero-order chi connectivity index (χ0) is 23.6. The molecular formula is C29H30N2O3. The van der Waals surface area contributed by atoms with Gasteiger partial charge < -0.3 is 24.8 Å². The number of nitrogens with one attached hydrogen (secondary N) is 2. The largest absolute Gasteiger partial charge is 0.496 e. The molecule has 5 nitrogen and oxygen atoms in total. The molecular weight excluding hydrogens is 424 g/mol. The number of hydrogen-bond acceptors (Lipinski definition) is 5. The quantitative estimate of drug-likeness (QED) is 0.251. The number of rotatable bonds is 11. The SMILES string of the molecule is COc1cc(Oc2cccc(Nc3ccccc3)c2)cc(OC)c1CNCCc1ccccc1. The molecule has 0 aromatic heterocycles. The average Bonchev–Trinajstić information content (AvgIpc) is 2.88.